The number of aromatic nitrogens is 3. The van der Waals surface area contributed by atoms with Gasteiger partial charge in [0.2, 0.25) is 0 Å². The molecule has 0 fully saturated rings. The number of hydrogen-bond donors (Lipinski definition) is 2. The molecule has 12 heteroatoms. The van der Waals surface area contributed by atoms with Crippen molar-refractivity contribution in [2.75, 3.05) is 14.2 Å². The third kappa shape index (κ3) is 7.76. The predicted octanol–water partition coefficient (Wildman–Crippen LogP) is 6.39. The summed E-state index contributed by atoms with van der Waals surface area (Å²) in [5.74, 6) is -2.78. The van der Waals surface area contributed by atoms with E-state index in [2.05, 4.69) is 24.4 Å². The summed E-state index contributed by atoms with van der Waals surface area (Å²) >= 11 is 0. The Morgan fingerprint density at radius 1 is 0.860 bits per heavy atom. The number of nitrogens with one attached hydrogen (secondary N) is 1. The molecule has 220 valence electrons. The van der Waals surface area contributed by atoms with Crippen LogP contribution in [0.2, 0.25) is 0 Å². The maximum atomic E-state index is 13.4. The third-order valence-corrected chi connectivity index (χ3v) is 5.89. The number of pyridine rings is 2. The molecule has 0 amide bonds. The Morgan fingerprint density at radius 3 is 2.28 bits per heavy atom. The Balaban J connectivity index is 0.000000162. The minimum absolute atomic E-state index is 0.102. The van der Waals surface area contributed by atoms with Crippen LogP contribution in [0.25, 0.3) is 17.1 Å². The van der Waals surface area contributed by atoms with E-state index in [9.17, 15) is 22.8 Å². The highest BCUT2D eigenvalue weighted by atomic mass is 19.1. The number of carbonyl (C=O) groups is 2. The zero-order valence-electron chi connectivity index (χ0n) is 22.8. The number of carbonyl (C=O) groups excluding carboxylic acids is 2. The molecule has 2 aromatic carbocycles. The van der Waals surface area contributed by atoms with Gasteiger partial charge in [0.15, 0.2) is 0 Å². The van der Waals surface area contributed by atoms with Gasteiger partial charge in [0.05, 0.1) is 37.9 Å². The first-order valence-corrected chi connectivity index (χ1v) is 12.5. The predicted molar refractivity (Wildman–Crippen MR) is 150 cm³/mol. The van der Waals surface area contributed by atoms with Crippen molar-refractivity contribution in [1.29, 1.82) is 0 Å². The highest BCUT2D eigenvalue weighted by molar-refractivity contribution is 5.92. The fourth-order valence-electron chi connectivity index (χ4n) is 3.84. The topological polar surface area (TPSA) is 124 Å². The van der Waals surface area contributed by atoms with E-state index < -0.39 is 29.4 Å². The first kappa shape index (κ1) is 30.3. The summed E-state index contributed by atoms with van der Waals surface area (Å²) < 4.78 is 53.0. The Bertz CT molecular complexity index is 1810. The molecule has 3 aromatic heterocycles. The first-order chi connectivity index (χ1) is 20.7. The molecule has 0 spiro atoms. The number of aromatic amines is 1. The summed E-state index contributed by atoms with van der Waals surface area (Å²) in [6.45, 7) is 0. The van der Waals surface area contributed by atoms with Crippen LogP contribution in [0.3, 0.4) is 0 Å². The molecule has 1 aliphatic carbocycles. The Labute approximate surface area is 243 Å². The second-order valence-electron chi connectivity index (χ2n) is 8.77. The van der Waals surface area contributed by atoms with Gasteiger partial charge in [-0.2, -0.15) is 0 Å². The standard InChI is InChI=1S/C16H12FNO3.C8H6F2O2.C7H6N2O/c1-20-16(19)13-6-5-11(17)8-15(13)21-12-7-10-3-2-4-14(10)18-9-12;1-12-8(11)6-3-2-5(9)4-7(6)10;10-6-3-5-1-2-8-7(5)9-4-6/h2-3,5-9H,4H2,1H3;2-4H,1H3;1-4,10H,(H,8,9). The largest absolute Gasteiger partial charge is 0.506 e. The number of ether oxygens (including phenoxy) is 3. The Morgan fingerprint density at radius 2 is 1.56 bits per heavy atom. The molecule has 0 atom stereocenters. The third-order valence-electron chi connectivity index (χ3n) is 5.89. The van der Waals surface area contributed by atoms with Crippen molar-refractivity contribution in [3.8, 4) is 17.2 Å². The number of hydrogen-bond acceptors (Lipinski definition) is 8. The lowest BCUT2D eigenvalue weighted by Gasteiger charge is -2.10. The van der Waals surface area contributed by atoms with Gasteiger partial charge in [-0.1, -0.05) is 12.2 Å². The number of fused-ring (bicyclic) bond motifs is 2. The molecule has 9 nitrogen and oxygen atoms in total. The van der Waals surface area contributed by atoms with E-state index in [0.717, 1.165) is 54.0 Å². The normalized spacial score (nSPS) is 11.0. The number of nitrogens with zero attached hydrogens (tertiary/aromatic N) is 2. The zero-order chi connectivity index (χ0) is 30.9. The van der Waals surface area contributed by atoms with Gasteiger partial charge in [0.25, 0.3) is 0 Å². The van der Waals surface area contributed by atoms with Crippen molar-refractivity contribution in [3.05, 3.63) is 119 Å². The van der Waals surface area contributed by atoms with Crippen LogP contribution in [0.1, 0.15) is 32.0 Å². The molecule has 6 rings (SSSR count). The molecule has 0 unspecified atom stereocenters. The quantitative estimate of drug-likeness (QED) is 0.231. The van der Waals surface area contributed by atoms with E-state index >= 15 is 0 Å². The molecule has 0 saturated heterocycles. The van der Waals surface area contributed by atoms with Crippen molar-refractivity contribution in [3.63, 3.8) is 0 Å². The van der Waals surface area contributed by atoms with Crippen LogP contribution in [0.4, 0.5) is 13.2 Å². The number of esters is 2. The fraction of sp³-hybridized carbons (Fsp3) is 0.0968. The highest BCUT2D eigenvalue weighted by Crippen LogP contribution is 2.29. The van der Waals surface area contributed by atoms with Crippen LogP contribution in [-0.2, 0) is 15.9 Å². The molecule has 0 radical (unpaired) electrons. The van der Waals surface area contributed by atoms with Crippen LogP contribution in [0.15, 0.2) is 79.3 Å². The number of halogens is 3. The van der Waals surface area contributed by atoms with Gasteiger partial charge < -0.3 is 24.3 Å². The molecule has 0 saturated carbocycles. The molecule has 0 aliphatic heterocycles. The first-order valence-electron chi connectivity index (χ1n) is 12.5. The summed E-state index contributed by atoms with van der Waals surface area (Å²) in [4.78, 5) is 33.6. The second kappa shape index (κ2) is 13.8. The maximum Gasteiger partial charge on any atom is 0.341 e. The average Bonchev–Trinajstić information content (AvgIpc) is 3.66. The SMILES string of the molecule is COC(=O)c1ccc(F)cc1F.COC(=O)c1ccc(F)cc1Oc1cnc2c(c1)C=CC2.Oc1cnc2[nH]ccc2c1. The molecule has 2 N–H and O–H groups in total. The summed E-state index contributed by atoms with van der Waals surface area (Å²) in [5, 5.41) is 9.90. The van der Waals surface area contributed by atoms with E-state index in [4.69, 9.17) is 9.84 Å². The summed E-state index contributed by atoms with van der Waals surface area (Å²) in [6.07, 6.45) is 9.50. The lowest BCUT2D eigenvalue weighted by Crippen LogP contribution is -2.04. The lowest BCUT2D eigenvalue weighted by atomic mass is 10.2. The van der Waals surface area contributed by atoms with Gasteiger partial charge in [0.1, 0.15) is 45.9 Å². The zero-order valence-corrected chi connectivity index (χ0v) is 22.8. The van der Waals surface area contributed by atoms with Crippen LogP contribution in [0, 0.1) is 17.5 Å². The summed E-state index contributed by atoms with van der Waals surface area (Å²) in [5.41, 5.74) is 2.63. The summed E-state index contributed by atoms with van der Waals surface area (Å²) in [7, 11) is 2.39. The van der Waals surface area contributed by atoms with Gasteiger partial charge in [-0.25, -0.2) is 27.7 Å². The number of aromatic hydroxyl groups is 1. The monoisotopic (exact) mass is 591 g/mol. The van der Waals surface area contributed by atoms with Gasteiger partial charge in [-0.3, -0.25) is 4.98 Å². The van der Waals surface area contributed by atoms with Gasteiger partial charge in [0, 0.05) is 30.1 Å². The number of methoxy groups -OCH3 is 2. The van der Waals surface area contributed by atoms with Crippen LogP contribution >= 0.6 is 0 Å². The second-order valence-corrected chi connectivity index (χ2v) is 8.77. The van der Waals surface area contributed by atoms with E-state index in [1.807, 2.05) is 18.2 Å². The number of benzene rings is 2. The van der Waals surface area contributed by atoms with Crippen LogP contribution in [-0.4, -0.2) is 46.2 Å². The fourth-order valence-corrected chi connectivity index (χ4v) is 3.84. The minimum atomic E-state index is -0.915. The molecular weight excluding hydrogens is 567 g/mol. The molecule has 1 aliphatic rings. The van der Waals surface area contributed by atoms with Crippen LogP contribution in [0.5, 0.6) is 17.2 Å². The van der Waals surface area contributed by atoms with Crippen LogP contribution < -0.4 is 4.74 Å². The van der Waals surface area contributed by atoms with E-state index in [-0.39, 0.29) is 22.6 Å². The number of H-pyrrole nitrogens is 1. The van der Waals surface area contributed by atoms with Gasteiger partial charge in [-0.15, -0.1) is 0 Å². The highest BCUT2D eigenvalue weighted by Gasteiger charge is 2.16. The maximum absolute atomic E-state index is 13.4. The van der Waals surface area contributed by atoms with E-state index in [0.29, 0.717) is 11.8 Å². The average molecular weight is 592 g/mol. The van der Waals surface area contributed by atoms with Crippen molar-refractivity contribution in [1.82, 2.24) is 15.0 Å². The molecule has 5 aromatic rings. The van der Waals surface area contributed by atoms with E-state index in [1.165, 1.54) is 25.4 Å². The Hall–Kier alpha value is -5.65. The van der Waals surface area contributed by atoms with E-state index in [1.54, 1.807) is 24.5 Å². The number of rotatable bonds is 4. The minimum Gasteiger partial charge on any atom is -0.506 e. The van der Waals surface area contributed by atoms with Crippen molar-refractivity contribution >= 4 is 29.0 Å². The van der Waals surface area contributed by atoms with Gasteiger partial charge in [-0.05, 0) is 48.0 Å². The van der Waals surface area contributed by atoms with Gasteiger partial charge >= 0.3 is 11.9 Å². The van der Waals surface area contributed by atoms with Crippen molar-refractivity contribution in [2.45, 2.75) is 6.42 Å². The lowest BCUT2D eigenvalue weighted by molar-refractivity contribution is 0.0587. The number of allylic oxidation sites excluding steroid dienone is 1. The molecule has 43 heavy (non-hydrogen) atoms. The smallest absolute Gasteiger partial charge is 0.341 e. The Kier molecular flexibility index (Phi) is 9.74. The molecule has 3 heterocycles. The van der Waals surface area contributed by atoms with Crippen molar-refractivity contribution in [2.24, 2.45) is 0 Å². The molecular formula is C31H24F3N3O6. The summed E-state index contributed by atoms with van der Waals surface area (Å²) in [6, 6.07) is 11.7. The molecule has 0 bridgehead atoms. The van der Waals surface area contributed by atoms with Crippen molar-refractivity contribution < 1.29 is 42.1 Å².